The second-order valence-electron chi connectivity index (χ2n) is 5.52. The van der Waals surface area contributed by atoms with E-state index in [1.54, 1.807) is 7.11 Å². The van der Waals surface area contributed by atoms with Crippen LogP contribution in [0.25, 0.3) is 0 Å². The SMILES string of the molecule is CCOC(=O)C(COC)(NC1CCCC1)C1CC1. The van der Waals surface area contributed by atoms with Gasteiger partial charge in [-0.15, -0.1) is 0 Å². The van der Waals surface area contributed by atoms with Gasteiger partial charge < -0.3 is 9.47 Å². The molecule has 0 spiro atoms. The molecule has 2 saturated carbocycles. The summed E-state index contributed by atoms with van der Waals surface area (Å²) in [5.41, 5.74) is -0.597. The summed E-state index contributed by atoms with van der Waals surface area (Å²) in [6.07, 6.45) is 7.04. The molecular weight excluding hydrogens is 230 g/mol. The largest absolute Gasteiger partial charge is 0.465 e. The van der Waals surface area contributed by atoms with Crippen molar-refractivity contribution in [3.05, 3.63) is 0 Å². The lowest BCUT2D eigenvalue weighted by Crippen LogP contribution is -2.60. The van der Waals surface area contributed by atoms with Crippen LogP contribution in [0.3, 0.4) is 0 Å². The molecule has 4 heteroatoms. The van der Waals surface area contributed by atoms with Gasteiger partial charge in [-0.05, 0) is 38.5 Å². The van der Waals surface area contributed by atoms with Crippen LogP contribution >= 0.6 is 0 Å². The molecule has 2 aliphatic carbocycles. The topological polar surface area (TPSA) is 47.6 Å². The van der Waals surface area contributed by atoms with Gasteiger partial charge in [0.05, 0.1) is 13.2 Å². The van der Waals surface area contributed by atoms with Crippen molar-refractivity contribution in [3.63, 3.8) is 0 Å². The predicted octanol–water partition coefficient (Wildman–Crippen LogP) is 1.88. The zero-order chi connectivity index (χ0) is 13.0. The van der Waals surface area contributed by atoms with Crippen LogP contribution < -0.4 is 5.32 Å². The average Bonchev–Trinajstić information content (AvgIpc) is 3.09. The molecule has 2 aliphatic rings. The zero-order valence-electron chi connectivity index (χ0n) is 11.5. The van der Waals surface area contributed by atoms with E-state index in [0.717, 1.165) is 25.7 Å². The monoisotopic (exact) mass is 255 g/mol. The number of hydrogen-bond donors (Lipinski definition) is 1. The first-order chi connectivity index (χ1) is 8.73. The van der Waals surface area contributed by atoms with Crippen LogP contribution in [-0.2, 0) is 14.3 Å². The summed E-state index contributed by atoms with van der Waals surface area (Å²) in [7, 11) is 1.66. The maximum absolute atomic E-state index is 12.4. The Morgan fingerprint density at radius 2 is 1.94 bits per heavy atom. The first kappa shape index (κ1) is 13.8. The van der Waals surface area contributed by atoms with Gasteiger partial charge in [-0.2, -0.15) is 0 Å². The normalized spacial score (nSPS) is 23.9. The quantitative estimate of drug-likeness (QED) is 0.706. The molecule has 1 N–H and O–H groups in total. The molecule has 0 bridgehead atoms. The molecule has 104 valence electrons. The fraction of sp³-hybridized carbons (Fsp3) is 0.929. The minimum Gasteiger partial charge on any atom is -0.465 e. The number of carbonyl (C=O) groups excluding carboxylic acids is 1. The molecule has 4 nitrogen and oxygen atoms in total. The highest BCUT2D eigenvalue weighted by molar-refractivity contribution is 5.82. The van der Waals surface area contributed by atoms with Crippen molar-refractivity contribution in [2.45, 2.75) is 57.0 Å². The number of carbonyl (C=O) groups is 1. The van der Waals surface area contributed by atoms with Gasteiger partial charge in [0.15, 0.2) is 0 Å². The van der Waals surface area contributed by atoms with Crippen LogP contribution in [0.5, 0.6) is 0 Å². The molecule has 1 atom stereocenters. The molecular formula is C14H25NO3. The third kappa shape index (κ3) is 2.86. The van der Waals surface area contributed by atoms with Crippen molar-refractivity contribution < 1.29 is 14.3 Å². The summed E-state index contributed by atoms with van der Waals surface area (Å²) in [5, 5.41) is 3.58. The van der Waals surface area contributed by atoms with Gasteiger partial charge >= 0.3 is 5.97 Å². The molecule has 0 aromatic carbocycles. The lowest BCUT2D eigenvalue weighted by atomic mass is 9.92. The van der Waals surface area contributed by atoms with Crippen LogP contribution in [0.1, 0.15) is 45.4 Å². The van der Waals surface area contributed by atoms with Gasteiger partial charge in [0.25, 0.3) is 0 Å². The summed E-state index contributed by atoms with van der Waals surface area (Å²) in [6.45, 7) is 2.72. The first-order valence-corrected chi connectivity index (χ1v) is 7.16. The number of esters is 1. The molecule has 0 aliphatic heterocycles. The number of ether oxygens (including phenoxy) is 2. The summed E-state index contributed by atoms with van der Waals surface area (Å²) in [5.74, 6) is 0.262. The number of rotatable bonds is 7. The Morgan fingerprint density at radius 3 is 2.44 bits per heavy atom. The van der Waals surface area contributed by atoms with Crippen molar-refractivity contribution >= 4 is 5.97 Å². The van der Waals surface area contributed by atoms with Crippen LogP contribution in [0.4, 0.5) is 0 Å². The summed E-state index contributed by atoms with van der Waals surface area (Å²) in [6, 6.07) is 0.449. The standard InChI is InChI=1S/C14H25NO3/c1-3-18-13(16)14(10-17-2,11-8-9-11)15-12-6-4-5-7-12/h11-12,15H,3-10H2,1-2H3. The smallest absolute Gasteiger partial charge is 0.329 e. The molecule has 0 saturated heterocycles. The van der Waals surface area contributed by atoms with Gasteiger partial charge in [-0.3, -0.25) is 5.32 Å². The fourth-order valence-electron chi connectivity index (χ4n) is 3.06. The first-order valence-electron chi connectivity index (χ1n) is 7.16. The Balaban J connectivity index is 2.09. The van der Waals surface area contributed by atoms with E-state index < -0.39 is 5.54 Å². The second kappa shape index (κ2) is 6.02. The van der Waals surface area contributed by atoms with Gasteiger partial charge in [-0.1, -0.05) is 12.8 Å². The highest BCUT2D eigenvalue weighted by Gasteiger charge is 2.53. The van der Waals surface area contributed by atoms with Gasteiger partial charge in [0.1, 0.15) is 5.54 Å². The number of methoxy groups -OCH3 is 1. The van der Waals surface area contributed by atoms with Gasteiger partial charge in [0.2, 0.25) is 0 Å². The Kier molecular flexibility index (Phi) is 4.62. The summed E-state index contributed by atoms with van der Waals surface area (Å²) < 4.78 is 10.6. The van der Waals surface area contributed by atoms with E-state index in [0.29, 0.717) is 25.2 Å². The van der Waals surface area contributed by atoms with E-state index in [1.165, 1.54) is 12.8 Å². The molecule has 0 aromatic heterocycles. The lowest BCUT2D eigenvalue weighted by Gasteiger charge is -2.34. The molecule has 0 radical (unpaired) electrons. The van der Waals surface area contributed by atoms with Gasteiger partial charge in [-0.25, -0.2) is 4.79 Å². The van der Waals surface area contributed by atoms with Crippen LogP contribution in [0.15, 0.2) is 0 Å². The zero-order valence-corrected chi connectivity index (χ0v) is 11.5. The van der Waals surface area contributed by atoms with Crippen molar-refractivity contribution in [3.8, 4) is 0 Å². The van der Waals surface area contributed by atoms with E-state index in [4.69, 9.17) is 9.47 Å². The Morgan fingerprint density at radius 1 is 1.28 bits per heavy atom. The van der Waals surface area contributed by atoms with E-state index in [9.17, 15) is 4.79 Å². The molecule has 0 heterocycles. The Hall–Kier alpha value is -0.610. The third-order valence-corrected chi connectivity index (χ3v) is 4.10. The Bertz CT molecular complexity index is 285. The molecule has 18 heavy (non-hydrogen) atoms. The number of nitrogens with one attached hydrogen (secondary N) is 1. The lowest BCUT2D eigenvalue weighted by molar-refractivity contribution is -0.155. The maximum atomic E-state index is 12.4. The highest BCUT2D eigenvalue weighted by atomic mass is 16.5. The summed E-state index contributed by atoms with van der Waals surface area (Å²) >= 11 is 0. The molecule has 2 rings (SSSR count). The molecule has 2 fully saturated rings. The van der Waals surface area contributed by atoms with Crippen molar-refractivity contribution in [2.24, 2.45) is 5.92 Å². The molecule has 1 unspecified atom stereocenters. The van der Waals surface area contributed by atoms with E-state index in [2.05, 4.69) is 5.32 Å². The van der Waals surface area contributed by atoms with Crippen molar-refractivity contribution in [1.82, 2.24) is 5.32 Å². The predicted molar refractivity (Wildman–Crippen MR) is 69.4 cm³/mol. The minimum atomic E-state index is -0.597. The Labute approximate surface area is 109 Å². The highest BCUT2D eigenvalue weighted by Crippen LogP contribution is 2.42. The van der Waals surface area contributed by atoms with Crippen LogP contribution in [0.2, 0.25) is 0 Å². The van der Waals surface area contributed by atoms with Gasteiger partial charge in [0, 0.05) is 13.2 Å². The summed E-state index contributed by atoms with van der Waals surface area (Å²) in [4.78, 5) is 12.4. The second-order valence-corrected chi connectivity index (χ2v) is 5.52. The third-order valence-electron chi connectivity index (χ3n) is 4.10. The van der Waals surface area contributed by atoms with Crippen LogP contribution in [0, 0.1) is 5.92 Å². The van der Waals surface area contributed by atoms with E-state index in [1.807, 2.05) is 6.92 Å². The number of hydrogen-bond acceptors (Lipinski definition) is 4. The van der Waals surface area contributed by atoms with Crippen molar-refractivity contribution in [1.29, 1.82) is 0 Å². The fourth-order valence-corrected chi connectivity index (χ4v) is 3.06. The molecule has 0 aromatic rings. The van der Waals surface area contributed by atoms with E-state index in [-0.39, 0.29) is 5.97 Å². The van der Waals surface area contributed by atoms with Crippen molar-refractivity contribution in [2.75, 3.05) is 20.3 Å². The minimum absolute atomic E-state index is 0.124. The maximum Gasteiger partial charge on any atom is 0.329 e. The molecule has 0 amide bonds. The van der Waals surface area contributed by atoms with Crippen LogP contribution in [-0.4, -0.2) is 37.9 Å². The van der Waals surface area contributed by atoms with E-state index >= 15 is 0 Å². The average molecular weight is 255 g/mol.